The Kier molecular flexibility index (Phi) is 4.18. The van der Waals surface area contributed by atoms with Gasteiger partial charge in [0.15, 0.2) is 5.60 Å². The SMILES string of the molecule is CC(O)(CNC(=O)c1ccc([N+](=O)[O-])cc1)C(=O)O. The Labute approximate surface area is 107 Å². The fourth-order valence-corrected chi connectivity index (χ4v) is 1.16. The van der Waals surface area contributed by atoms with Gasteiger partial charge in [0.05, 0.1) is 11.5 Å². The molecule has 0 saturated carbocycles. The Morgan fingerprint density at radius 3 is 2.32 bits per heavy atom. The number of nitrogens with one attached hydrogen (secondary N) is 1. The molecule has 1 unspecified atom stereocenters. The monoisotopic (exact) mass is 268 g/mol. The van der Waals surface area contributed by atoms with E-state index in [1.807, 2.05) is 0 Å². The average molecular weight is 268 g/mol. The van der Waals surface area contributed by atoms with Crippen molar-refractivity contribution in [2.75, 3.05) is 6.54 Å². The number of benzene rings is 1. The third-order valence-corrected chi connectivity index (χ3v) is 2.39. The van der Waals surface area contributed by atoms with Crippen molar-refractivity contribution in [3.63, 3.8) is 0 Å². The number of nitro benzene ring substituents is 1. The van der Waals surface area contributed by atoms with E-state index in [1.54, 1.807) is 0 Å². The third kappa shape index (κ3) is 3.75. The highest BCUT2D eigenvalue weighted by Gasteiger charge is 2.30. The maximum Gasteiger partial charge on any atom is 0.337 e. The van der Waals surface area contributed by atoms with Gasteiger partial charge in [-0.3, -0.25) is 14.9 Å². The summed E-state index contributed by atoms with van der Waals surface area (Å²) in [6, 6.07) is 4.79. The van der Waals surface area contributed by atoms with E-state index in [1.165, 1.54) is 12.1 Å². The summed E-state index contributed by atoms with van der Waals surface area (Å²) in [7, 11) is 0. The fourth-order valence-electron chi connectivity index (χ4n) is 1.16. The van der Waals surface area contributed by atoms with Gasteiger partial charge in [-0.25, -0.2) is 4.79 Å². The van der Waals surface area contributed by atoms with Crippen molar-refractivity contribution in [3.8, 4) is 0 Å². The Balaban J connectivity index is 2.69. The molecular weight excluding hydrogens is 256 g/mol. The van der Waals surface area contributed by atoms with Gasteiger partial charge in [0.25, 0.3) is 11.6 Å². The van der Waals surface area contributed by atoms with Gasteiger partial charge < -0.3 is 15.5 Å². The lowest BCUT2D eigenvalue weighted by atomic mass is 10.1. The second kappa shape index (κ2) is 5.44. The summed E-state index contributed by atoms with van der Waals surface area (Å²) in [4.78, 5) is 32.0. The summed E-state index contributed by atoms with van der Waals surface area (Å²) in [6.45, 7) is 0.573. The average Bonchev–Trinajstić information content (AvgIpc) is 2.36. The zero-order valence-electron chi connectivity index (χ0n) is 9.99. The number of hydrogen-bond donors (Lipinski definition) is 3. The summed E-state index contributed by atoms with van der Waals surface area (Å²) in [5.74, 6) is -2.09. The molecule has 8 heteroatoms. The van der Waals surface area contributed by atoms with Gasteiger partial charge >= 0.3 is 5.97 Å². The first kappa shape index (κ1) is 14.6. The van der Waals surface area contributed by atoms with E-state index in [0.29, 0.717) is 0 Å². The number of aliphatic hydroxyl groups is 1. The second-order valence-corrected chi connectivity index (χ2v) is 4.07. The van der Waals surface area contributed by atoms with Crippen LogP contribution >= 0.6 is 0 Å². The molecule has 3 N–H and O–H groups in total. The molecule has 1 aromatic rings. The molecule has 0 bridgehead atoms. The highest BCUT2D eigenvalue weighted by atomic mass is 16.6. The van der Waals surface area contributed by atoms with Crippen molar-refractivity contribution >= 4 is 17.6 Å². The van der Waals surface area contributed by atoms with E-state index < -0.39 is 28.9 Å². The maximum atomic E-state index is 11.6. The first-order valence-electron chi connectivity index (χ1n) is 5.22. The molecule has 0 aliphatic heterocycles. The zero-order valence-corrected chi connectivity index (χ0v) is 9.99. The van der Waals surface area contributed by atoms with Crippen LogP contribution in [-0.4, -0.2) is 39.2 Å². The normalized spacial score (nSPS) is 13.4. The van der Waals surface area contributed by atoms with Crippen LogP contribution in [0.3, 0.4) is 0 Å². The highest BCUT2D eigenvalue weighted by molar-refractivity contribution is 5.94. The predicted octanol–water partition coefficient (Wildman–Crippen LogP) is 0.160. The van der Waals surface area contributed by atoms with Crippen LogP contribution in [0.1, 0.15) is 17.3 Å². The number of aliphatic carboxylic acids is 1. The smallest absolute Gasteiger partial charge is 0.337 e. The second-order valence-electron chi connectivity index (χ2n) is 4.07. The molecule has 1 atom stereocenters. The fraction of sp³-hybridized carbons (Fsp3) is 0.273. The lowest BCUT2D eigenvalue weighted by Gasteiger charge is -2.18. The van der Waals surface area contributed by atoms with E-state index in [-0.39, 0.29) is 11.3 Å². The number of carboxylic acid groups (broad SMARTS) is 1. The van der Waals surface area contributed by atoms with E-state index in [9.17, 15) is 24.8 Å². The minimum absolute atomic E-state index is 0.131. The quantitative estimate of drug-likeness (QED) is 0.515. The van der Waals surface area contributed by atoms with E-state index >= 15 is 0 Å². The molecular formula is C11H12N2O6. The first-order chi connectivity index (χ1) is 8.74. The van der Waals surface area contributed by atoms with E-state index in [4.69, 9.17) is 5.11 Å². The third-order valence-electron chi connectivity index (χ3n) is 2.39. The highest BCUT2D eigenvalue weighted by Crippen LogP contribution is 2.12. The lowest BCUT2D eigenvalue weighted by Crippen LogP contribution is -2.46. The van der Waals surface area contributed by atoms with Crippen molar-refractivity contribution in [1.29, 1.82) is 0 Å². The van der Waals surface area contributed by atoms with Crippen molar-refractivity contribution in [2.45, 2.75) is 12.5 Å². The van der Waals surface area contributed by atoms with Crippen LogP contribution in [0.5, 0.6) is 0 Å². The predicted molar refractivity (Wildman–Crippen MR) is 63.7 cm³/mol. The van der Waals surface area contributed by atoms with Gasteiger partial charge in [0, 0.05) is 17.7 Å². The minimum Gasteiger partial charge on any atom is -0.479 e. The van der Waals surface area contributed by atoms with Crippen LogP contribution in [0.15, 0.2) is 24.3 Å². The molecule has 1 amide bonds. The van der Waals surface area contributed by atoms with Crippen molar-refractivity contribution in [3.05, 3.63) is 39.9 Å². The van der Waals surface area contributed by atoms with Crippen LogP contribution in [0.4, 0.5) is 5.69 Å². The number of amides is 1. The number of carbonyl (C=O) groups is 2. The number of rotatable bonds is 5. The number of nitro groups is 1. The van der Waals surface area contributed by atoms with Gasteiger partial charge in [-0.15, -0.1) is 0 Å². The number of hydrogen-bond acceptors (Lipinski definition) is 5. The lowest BCUT2D eigenvalue weighted by molar-refractivity contribution is -0.384. The molecule has 0 radical (unpaired) electrons. The van der Waals surface area contributed by atoms with Gasteiger partial charge in [-0.2, -0.15) is 0 Å². The van der Waals surface area contributed by atoms with Crippen LogP contribution < -0.4 is 5.32 Å². The number of carbonyl (C=O) groups excluding carboxylic acids is 1. The Hall–Kier alpha value is -2.48. The molecule has 0 aromatic heterocycles. The van der Waals surface area contributed by atoms with Crippen LogP contribution in [0.25, 0.3) is 0 Å². The first-order valence-corrected chi connectivity index (χ1v) is 5.22. The van der Waals surface area contributed by atoms with Gasteiger partial charge in [0.2, 0.25) is 0 Å². The number of non-ortho nitro benzene ring substituents is 1. The van der Waals surface area contributed by atoms with E-state index in [0.717, 1.165) is 19.1 Å². The zero-order chi connectivity index (χ0) is 14.6. The molecule has 0 saturated heterocycles. The van der Waals surface area contributed by atoms with Crippen LogP contribution in [-0.2, 0) is 4.79 Å². The maximum absolute atomic E-state index is 11.6. The Morgan fingerprint density at radius 1 is 1.37 bits per heavy atom. The molecule has 19 heavy (non-hydrogen) atoms. The summed E-state index contributed by atoms with van der Waals surface area (Å²) in [5.41, 5.74) is -2.10. The van der Waals surface area contributed by atoms with Crippen molar-refractivity contribution < 1.29 is 24.7 Å². The molecule has 0 spiro atoms. The Bertz CT molecular complexity index is 508. The van der Waals surface area contributed by atoms with Crippen molar-refractivity contribution in [2.24, 2.45) is 0 Å². The molecule has 0 fully saturated rings. The molecule has 0 aliphatic rings. The van der Waals surface area contributed by atoms with Crippen molar-refractivity contribution in [1.82, 2.24) is 5.32 Å². The number of carboxylic acids is 1. The van der Waals surface area contributed by atoms with Gasteiger partial charge in [-0.05, 0) is 19.1 Å². The molecule has 0 heterocycles. The minimum atomic E-state index is -2.07. The standard InChI is InChI=1S/C11H12N2O6/c1-11(17,10(15)16)6-12-9(14)7-2-4-8(5-3-7)13(18)19/h2-5,17H,6H2,1H3,(H,12,14)(H,15,16). The molecule has 1 aromatic carbocycles. The summed E-state index contributed by atoms with van der Waals surface area (Å²) >= 11 is 0. The number of nitrogens with zero attached hydrogens (tertiary/aromatic N) is 1. The topological polar surface area (TPSA) is 130 Å². The van der Waals surface area contributed by atoms with Crippen LogP contribution in [0.2, 0.25) is 0 Å². The largest absolute Gasteiger partial charge is 0.479 e. The van der Waals surface area contributed by atoms with Gasteiger partial charge in [-0.1, -0.05) is 0 Å². The summed E-state index contributed by atoms with van der Waals surface area (Å²) in [6.07, 6.45) is 0. The van der Waals surface area contributed by atoms with Crippen LogP contribution in [0, 0.1) is 10.1 Å². The molecule has 1 rings (SSSR count). The summed E-state index contributed by atoms with van der Waals surface area (Å²) < 4.78 is 0. The molecule has 8 nitrogen and oxygen atoms in total. The molecule has 0 aliphatic carbocycles. The molecule has 102 valence electrons. The van der Waals surface area contributed by atoms with E-state index in [2.05, 4.69) is 5.32 Å². The Morgan fingerprint density at radius 2 is 1.89 bits per heavy atom. The van der Waals surface area contributed by atoms with Gasteiger partial charge in [0.1, 0.15) is 0 Å². The summed E-state index contributed by atoms with van der Waals surface area (Å²) in [5, 5.41) is 30.7.